The fourth-order valence-corrected chi connectivity index (χ4v) is 3.24. The monoisotopic (exact) mass is 228 g/mol. The van der Waals surface area contributed by atoms with Crippen LogP contribution in [0.15, 0.2) is 0 Å². The predicted octanol–water partition coefficient (Wildman–Crippen LogP) is 3.50. The van der Waals surface area contributed by atoms with Gasteiger partial charge in [0.2, 0.25) is 0 Å². The summed E-state index contributed by atoms with van der Waals surface area (Å²) in [5.74, 6) is 2.29. The minimum absolute atomic E-state index is 0.693. The number of hydrogen-bond donors (Lipinski definition) is 0. The maximum absolute atomic E-state index is 5.43. The predicted molar refractivity (Wildman–Crippen MR) is 67.6 cm³/mol. The lowest BCUT2D eigenvalue weighted by Crippen LogP contribution is -2.29. The largest absolute Gasteiger partial charge is 0.384 e. The van der Waals surface area contributed by atoms with Crippen LogP contribution in [0.2, 0.25) is 0 Å². The van der Waals surface area contributed by atoms with Gasteiger partial charge in [0.05, 0.1) is 0 Å². The van der Waals surface area contributed by atoms with E-state index in [0.29, 0.717) is 11.8 Å². The highest BCUT2D eigenvalue weighted by atomic mass is 16.5. The Morgan fingerprint density at radius 2 is 1.69 bits per heavy atom. The summed E-state index contributed by atoms with van der Waals surface area (Å²) in [4.78, 5) is 0. The molecule has 16 heavy (non-hydrogen) atoms. The van der Waals surface area contributed by atoms with E-state index >= 15 is 0 Å². The van der Waals surface area contributed by atoms with Crippen LogP contribution in [0, 0.1) is 17.8 Å². The Kier molecular flexibility index (Phi) is 7.06. The first-order valence-corrected chi connectivity index (χ1v) is 6.81. The summed E-state index contributed by atoms with van der Waals surface area (Å²) in [7, 11) is 3.65. The molecule has 1 saturated carbocycles. The lowest BCUT2D eigenvalue weighted by Gasteiger charge is -2.30. The highest BCUT2D eigenvalue weighted by Gasteiger charge is 2.30. The van der Waals surface area contributed by atoms with Gasteiger partial charge < -0.3 is 9.47 Å². The summed E-state index contributed by atoms with van der Waals surface area (Å²) in [6.07, 6.45) is 8.16. The molecule has 1 aliphatic carbocycles. The van der Waals surface area contributed by atoms with E-state index in [4.69, 9.17) is 9.47 Å². The lowest BCUT2D eigenvalue weighted by molar-refractivity contribution is 0.0375. The molecule has 1 aliphatic rings. The third kappa shape index (κ3) is 4.06. The van der Waals surface area contributed by atoms with E-state index in [1.54, 1.807) is 0 Å². The van der Waals surface area contributed by atoms with Crippen molar-refractivity contribution in [2.45, 2.75) is 45.4 Å². The molecule has 0 saturated heterocycles. The zero-order valence-electron chi connectivity index (χ0n) is 11.2. The number of methoxy groups -OCH3 is 2. The van der Waals surface area contributed by atoms with Crippen molar-refractivity contribution in [2.75, 3.05) is 27.4 Å². The lowest BCUT2D eigenvalue weighted by atomic mass is 9.79. The molecule has 2 unspecified atom stereocenters. The summed E-state index contributed by atoms with van der Waals surface area (Å²) in [5.41, 5.74) is 0. The molecule has 2 nitrogen and oxygen atoms in total. The van der Waals surface area contributed by atoms with Crippen molar-refractivity contribution in [3.63, 3.8) is 0 Å². The first-order chi connectivity index (χ1) is 7.83. The topological polar surface area (TPSA) is 18.5 Å². The molecule has 0 aromatic rings. The molecule has 0 aliphatic heterocycles. The summed E-state index contributed by atoms with van der Waals surface area (Å²) in [6, 6.07) is 0. The molecule has 0 bridgehead atoms. The quantitative estimate of drug-likeness (QED) is 0.633. The summed E-state index contributed by atoms with van der Waals surface area (Å²) < 4.78 is 10.8. The third-order valence-corrected chi connectivity index (χ3v) is 4.01. The number of hydrogen-bond acceptors (Lipinski definition) is 2. The second-order valence-electron chi connectivity index (χ2n) is 5.17. The van der Waals surface area contributed by atoms with E-state index in [-0.39, 0.29) is 0 Å². The van der Waals surface area contributed by atoms with Crippen LogP contribution in [0.25, 0.3) is 0 Å². The van der Waals surface area contributed by atoms with E-state index in [1.807, 2.05) is 14.2 Å². The van der Waals surface area contributed by atoms with Crippen molar-refractivity contribution in [3.05, 3.63) is 0 Å². The van der Waals surface area contributed by atoms with Crippen LogP contribution in [0.4, 0.5) is 0 Å². The maximum Gasteiger partial charge on any atom is 0.0496 e. The van der Waals surface area contributed by atoms with Gasteiger partial charge in [-0.05, 0) is 24.2 Å². The zero-order valence-corrected chi connectivity index (χ0v) is 11.2. The Balaban J connectivity index is 2.55. The van der Waals surface area contributed by atoms with Gasteiger partial charge in [-0.1, -0.05) is 39.0 Å². The molecular weight excluding hydrogens is 200 g/mol. The van der Waals surface area contributed by atoms with Crippen LogP contribution in [-0.4, -0.2) is 27.4 Å². The van der Waals surface area contributed by atoms with Gasteiger partial charge in [0.1, 0.15) is 0 Å². The van der Waals surface area contributed by atoms with Gasteiger partial charge in [0, 0.05) is 27.4 Å². The van der Waals surface area contributed by atoms with Gasteiger partial charge >= 0.3 is 0 Å². The van der Waals surface area contributed by atoms with Crippen LogP contribution in [0.3, 0.4) is 0 Å². The summed E-state index contributed by atoms with van der Waals surface area (Å²) in [5, 5.41) is 0. The van der Waals surface area contributed by atoms with E-state index in [1.165, 1.54) is 38.5 Å². The van der Waals surface area contributed by atoms with Crippen LogP contribution in [0.5, 0.6) is 0 Å². The van der Waals surface area contributed by atoms with Gasteiger partial charge in [0.15, 0.2) is 0 Å². The SMILES string of the molecule is CCCC(COC)C(COC)C1CCCC1. The fraction of sp³-hybridized carbons (Fsp3) is 1.00. The van der Waals surface area contributed by atoms with Crippen LogP contribution in [-0.2, 0) is 9.47 Å². The number of rotatable bonds is 8. The van der Waals surface area contributed by atoms with Crippen LogP contribution < -0.4 is 0 Å². The fourth-order valence-electron chi connectivity index (χ4n) is 3.24. The Bertz CT molecular complexity index is 158. The molecule has 2 heteroatoms. The van der Waals surface area contributed by atoms with Crippen LogP contribution in [0.1, 0.15) is 45.4 Å². The van der Waals surface area contributed by atoms with Crippen molar-refractivity contribution in [1.29, 1.82) is 0 Å². The molecular formula is C14H28O2. The van der Waals surface area contributed by atoms with E-state index in [2.05, 4.69) is 6.92 Å². The summed E-state index contributed by atoms with van der Waals surface area (Å²) in [6.45, 7) is 4.08. The van der Waals surface area contributed by atoms with Crippen molar-refractivity contribution in [3.8, 4) is 0 Å². The molecule has 0 spiro atoms. The Morgan fingerprint density at radius 1 is 1.06 bits per heavy atom. The molecule has 0 radical (unpaired) electrons. The van der Waals surface area contributed by atoms with E-state index in [9.17, 15) is 0 Å². The third-order valence-electron chi connectivity index (χ3n) is 4.01. The van der Waals surface area contributed by atoms with Crippen molar-refractivity contribution in [2.24, 2.45) is 17.8 Å². The molecule has 1 fully saturated rings. The van der Waals surface area contributed by atoms with Gasteiger partial charge in [0.25, 0.3) is 0 Å². The number of ether oxygens (including phenoxy) is 2. The standard InChI is InChI=1S/C14H28O2/c1-4-7-13(10-15-2)14(11-16-3)12-8-5-6-9-12/h12-14H,4-11H2,1-3H3. The molecule has 0 N–H and O–H groups in total. The molecule has 0 aromatic heterocycles. The highest BCUT2D eigenvalue weighted by Crippen LogP contribution is 2.37. The van der Waals surface area contributed by atoms with Gasteiger partial charge in [-0.15, -0.1) is 0 Å². The Morgan fingerprint density at radius 3 is 2.19 bits per heavy atom. The van der Waals surface area contributed by atoms with E-state index < -0.39 is 0 Å². The van der Waals surface area contributed by atoms with Crippen molar-refractivity contribution in [1.82, 2.24) is 0 Å². The van der Waals surface area contributed by atoms with Crippen molar-refractivity contribution >= 4 is 0 Å². The van der Waals surface area contributed by atoms with Gasteiger partial charge in [-0.25, -0.2) is 0 Å². The first-order valence-electron chi connectivity index (χ1n) is 6.81. The molecule has 2 atom stereocenters. The molecule has 0 aromatic carbocycles. The normalized spacial score (nSPS) is 21.2. The van der Waals surface area contributed by atoms with Gasteiger partial charge in [-0.3, -0.25) is 0 Å². The molecule has 0 heterocycles. The summed E-state index contributed by atoms with van der Waals surface area (Å²) >= 11 is 0. The average molecular weight is 228 g/mol. The van der Waals surface area contributed by atoms with Crippen LogP contribution >= 0.6 is 0 Å². The Hall–Kier alpha value is -0.0800. The second kappa shape index (κ2) is 8.08. The zero-order chi connectivity index (χ0) is 11.8. The maximum atomic E-state index is 5.43. The molecule has 1 rings (SSSR count). The second-order valence-corrected chi connectivity index (χ2v) is 5.17. The smallest absolute Gasteiger partial charge is 0.0496 e. The first kappa shape index (κ1) is 14.0. The van der Waals surface area contributed by atoms with Gasteiger partial charge in [-0.2, -0.15) is 0 Å². The van der Waals surface area contributed by atoms with E-state index in [0.717, 1.165) is 19.1 Å². The molecule has 0 amide bonds. The minimum atomic E-state index is 0.693. The molecule has 96 valence electrons. The Labute approximate surface area is 101 Å². The average Bonchev–Trinajstić information content (AvgIpc) is 2.79. The highest BCUT2D eigenvalue weighted by molar-refractivity contribution is 4.80. The minimum Gasteiger partial charge on any atom is -0.384 e. The van der Waals surface area contributed by atoms with Crippen molar-refractivity contribution < 1.29 is 9.47 Å².